The smallest absolute Gasteiger partial charge is 0.329 e. The molecule has 3 aromatic rings. The van der Waals surface area contributed by atoms with Crippen molar-refractivity contribution in [1.82, 2.24) is 14.1 Å². The summed E-state index contributed by atoms with van der Waals surface area (Å²) in [5.74, 6) is 0.694. The summed E-state index contributed by atoms with van der Waals surface area (Å²) >= 11 is 0. The van der Waals surface area contributed by atoms with Gasteiger partial charge < -0.3 is 10.2 Å². The summed E-state index contributed by atoms with van der Waals surface area (Å²) in [4.78, 5) is 31.8. The van der Waals surface area contributed by atoms with Crippen LogP contribution in [0.25, 0.3) is 11.0 Å². The highest BCUT2D eigenvalue weighted by Crippen LogP contribution is 2.19. The molecule has 7 heteroatoms. The second kappa shape index (κ2) is 7.26. The van der Waals surface area contributed by atoms with E-state index in [-0.39, 0.29) is 18.1 Å². The minimum Gasteiger partial charge on any atom is -0.357 e. The zero-order valence-electron chi connectivity index (χ0n) is 15.4. The van der Waals surface area contributed by atoms with Crippen LogP contribution in [0.3, 0.4) is 0 Å². The largest absolute Gasteiger partial charge is 0.357 e. The van der Waals surface area contributed by atoms with Gasteiger partial charge in [-0.15, -0.1) is 0 Å². The van der Waals surface area contributed by atoms with Crippen molar-refractivity contribution in [1.29, 1.82) is 0 Å². The van der Waals surface area contributed by atoms with Crippen LogP contribution in [-0.4, -0.2) is 33.1 Å². The molecule has 0 atom stereocenters. The van der Waals surface area contributed by atoms with Crippen LogP contribution in [0.15, 0.2) is 47.4 Å². The first kappa shape index (κ1) is 17.3. The fourth-order valence-electron chi connectivity index (χ4n) is 3.67. The third-order valence-electron chi connectivity index (χ3n) is 5.00. The van der Waals surface area contributed by atoms with Crippen molar-refractivity contribution in [3.05, 3.63) is 53.1 Å². The lowest BCUT2D eigenvalue weighted by Gasteiger charge is -2.16. The fourth-order valence-corrected chi connectivity index (χ4v) is 3.67. The van der Waals surface area contributed by atoms with E-state index in [9.17, 15) is 9.59 Å². The molecule has 0 aliphatic carbocycles. The van der Waals surface area contributed by atoms with Gasteiger partial charge in [-0.3, -0.25) is 13.9 Å². The van der Waals surface area contributed by atoms with E-state index in [0.717, 1.165) is 29.9 Å². The maximum absolute atomic E-state index is 12.6. The minimum absolute atomic E-state index is 0.0276. The molecule has 7 nitrogen and oxygen atoms in total. The summed E-state index contributed by atoms with van der Waals surface area (Å²) in [6.45, 7) is 4.52. The predicted molar refractivity (Wildman–Crippen MR) is 106 cm³/mol. The highest BCUT2D eigenvalue weighted by Gasteiger charge is 2.16. The molecule has 3 heterocycles. The van der Waals surface area contributed by atoms with Gasteiger partial charge in [0.1, 0.15) is 12.4 Å². The first-order valence-corrected chi connectivity index (χ1v) is 9.36. The Morgan fingerprint density at radius 3 is 2.41 bits per heavy atom. The number of hydrogen-bond donors (Lipinski definition) is 1. The Labute approximate surface area is 157 Å². The van der Waals surface area contributed by atoms with Gasteiger partial charge in [0.25, 0.3) is 0 Å². The number of fused-ring (bicyclic) bond motifs is 1. The average Bonchev–Trinajstić information content (AvgIpc) is 3.30. The third-order valence-corrected chi connectivity index (χ3v) is 5.00. The molecule has 1 N–H and O–H groups in total. The Balaban J connectivity index is 1.51. The van der Waals surface area contributed by atoms with Crippen molar-refractivity contribution in [2.45, 2.75) is 32.9 Å². The molecular formula is C20H23N5O2. The lowest BCUT2D eigenvalue weighted by molar-refractivity contribution is -0.116. The van der Waals surface area contributed by atoms with Crippen LogP contribution < -0.4 is 15.9 Å². The standard InChI is InChI=1S/C20H23N5O2/c1-2-24-16-7-3-4-8-17(16)25(20(24)27)14-19(26)22-15-9-10-18(21-13-15)23-11-5-6-12-23/h3-4,7-10,13H,2,5-6,11-12,14H2,1H3,(H,22,26). The topological polar surface area (TPSA) is 72.2 Å². The molecule has 1 aromatic carbocycles. The van der Waals surface area contributed by atoms with Crippen molar-refractivity contribution >= 4 is 28.4 Å². The number of para-hydroxylation sites is 2. The van der Waals surface area contributed by atoms with Gasteiger partial charge >= 0.3 is 5.69 Å². The fraction of sp³-hybridized carbons (Fsp3) is 0.350. The number of amides is 1. The normalized spacial score (nSPS) is 14.0. The van der Waals surface area contributed by atoms with E-state index in [4.69, 9.17) is 0 Å². The molecule has 0 unspecified atom stereocenters. The number of rotatable bonds is 5. The van der Waals surface area contributed by atoms with Gasteiger partial charge in [0.05, 0.1) is 22.9 Å². The Bertz CT molecular complexity index is 1010. The third kappa shape index (κ3) is 3.32. The monoisotopic (exact) mass is 365 g/mol. The minimum atomic E-state index is -0.244. The SMILES string of the molecule is CCn1c(=O)n(CC(=O)Nc2ccc(N3CCCC3)nc2)c2ccccc21. The number of nitrogens with zero attached hydrogens (tertiary/aromatic N) is 4. The second-order valence-corrected chi connectivity index (χ2v) is 6.75. The molecule has 1 amide bonds. The summed E-state index contributed by atoms with van der Waals surface area (Å²) in [5, 5.41) is 2.84. The molecule has 0 radical (unpaired) electrons. The van der Waals surface area contributed by atoms with Crippen molar-refractivity contribution in [3.63, 3.8) is 0 Å². The van der Waals surface area contributed by atoms with Crippen LogP contribution in [-0.2, 0) is 17.9 Å². The van der Waals surface area contributed by atoms with Gasteiger partial charge in [0, 0.05) is 19.6 Å². The number of nitrogens with one attached hydrogen (secondary N) is 1. The van der Waals surface area contributed by atoms with Crippen LogP contribution in [0.4, 0.5) is 11.5 Å². The average molecular weight is 365 g/mol. The molecule has 27 heavy (non-hydrogen) atoms. The molecule has 4 rings (SSSR count). The van der Waals surface area contributed by atoms with Crippen molar-refractivity contribution < 1.29 is 4.79 Å². The van der Waals surface area contributed by atoms with Crippen LogP contribution in [0.1, 0.15) is 19.8 Å². The number of aromatic nitrogens is 3. The molecular weight excluding hydrogens is 342 g/mol. The summed E-state index contributed by atoms with van der Waals surface area (Å²) in [6, 6.07) is 11.3. The molecule has 0 saturated carbocycles. The summed E-state index contributed by atoms with van der Waals surface area (Å²) < 4.78 is 3.19. The number of anilines is 2. The molecule has 0 bridgehead atoms. The molecule has 1 saturated heterocycles. The number of hydrogen-bond acceptors (Lipinski definition) is 4. The van der Waals surface area contributed by atoms with Crippen LogP contribution in [0.2, 0.25) is 0 Å². The Morgan fingerprint density at radius 1 is 1.07 bits per heavy atom. The van der Waals surface area contributed by atoms with Gasteiger partial charge in [-0.1, -0.05) is 12.1 Å². The number of carbonyl (C=O) groups excluding carboxylic acids is 1. The predicted octanol–water partition coefficient (Wildman–Crippen LogP) is 2.46. The lowest BCUT2D eigenvalue weighted by Crippen LogP contribution is -2.29. The Kier molecular flexibility index (Phi) is 4.66. The van der Waals surface area contributed by atoms with Crippen molar-refractivity contribution in [2.75, 3.05) is 23.3 Å². The Morgan fingerprint density at radius 2 is 1.78 bits per heavy atom. The molecule has 0 spiro atoms. The second-order valence-electron chi connectivity index (χ2n) is 6.75. The summed E-state index contributed by atoms with van der Waals surface area (Å²) in [7, 11) is 0. The van der Waals surface area contributed by atoms with E-state index >= 15 is 0 Å². The maximum atomic E-state index is 12.6. The summed E-state index contributed by atoms with van der Waals surface area (Å²) in [5.41, 5.74) is 2.07. The van der Waals surface area contributed by atoms with Crippen LogP contribution in [0, 0.1) is 0 Å². The molecule has 2 aromatic heterocycles. The van der Waals surface area contributed by atoms with E-state index in [2.05, 4.69) is 15.2 Å². The van der Waals surface area contributed by atoms with E-state index in [1.165, 1.54) is 17.4 Å². The molecule has 140 valence electrons. The van der Waals surface area contributed by atoms with Gasteiger partial charge in [-0.05, 0) is 44.0 Å². The molecule has 1 fully saturated rings. The zero-order valence-corrected chi connectivity index (χ0v) is 15.4. The van der Waals surface area contributed by atoms with Gasteiger partial charge in [-0.2, -0.15) is 0 Å². The van der Waals surface area contributed by atoms with Crippen molar-refractivity contribution in [2.24, 2.45) is 0 Å². The van der Waals surface area contributed by atoms with Gasteiger partial charge in [0.15, 0.2) is 0 Å². The van der Waals surface area contributed by atoms with Crippen molar-refractivity contribution in [3.8, 4) is 0 Å². The maximum Gasteiger partial charge on any atom is 0.329 e. The zero-order chi connectivity index (χ0) is 18.8. The number of imidazole rings is 1. The van der Waals surface area contributed by atoms with E-state index in [0.29, 0.717) is 12.2 Å². The first-order valence-electron chi connectivity index (χ1n) is 9.36. The van der Waals surface area contributed by atoms with E-state index in [1.807, 2.05) is 43.3 Å². The van der Waals surface area contributed by atoms with E-state index in [1.54, 1.807) is 10.8 Å². The highest BCUT2D eigenvalue weighted by atomic mass is 16.2. The first-order chi connectivity index (χ1) is 13.2. The quantitative estimate of drug-likeness (QED) is 0.754. The molecule has 1 aliphatic heterocycles. The number of pyridine rings is 1. The van der Waals surface area contributed by atoms with Crippen LogP contribution >= 0.6 is 0 Å². The van der Waals surface area contributed by atoms with Crippen LogP contribution in [0.5, 0.6) is 0 Å². The number of aryl methyl sites for hydroxylation is 1. The highest BCUT2D eigenvalue weighted by molar-refractivity contribution is 5.91. The summed E-state index contributed by atoms with van der Waals surface area (Å²) in [6.07, 6.45) is 4.06. The number of carbonyl (C=O) groups is 1. The Hall–Kier alpha value is -3.09. The molecule has 1 aliphatic rings. The van der Waals surface area contributed by atoms with Gasteiger partial charge in [0.2, 0.25) is 5.91 Å². The van der Waals surface area contributed by atoms with E-state index < -0.39 is 0 Å². The van der Waals surface area contributed by atoms with Gasteiger partial charge in [-0.25, -0.2) is 9.78 Å². The lowest BCUT2D eigenvalue weighted by atomic mass is 10.3. The number of benzene rings is 1.